The first-order valence-corrected chi connectivity index (χ1v) is 6.04. The number of rotatable bonds is 4. The van der Waals surface area contributed by atoms with E-state index >= 15 is 0 Å². The maximum atomic E-state index is 11.6. The van der Waals surface area contributed by atoms with E-state index in [1.54, 1.807) is 17.1 Å². The Bertz CT molecular complexity index is 567. The zero-order chi connectivity index (χ0) is 12.5. The Kier molecular flexibility index (Phi) is 2.62. The molecule has 0 aromatic carbocycles. The zero-order valence-corrected chi connectivity index (χ0v) is 10.2. The summed E-state index contributed by atoms with van der Waals surface area (Å²) in [4.78, 5) is 11.6. The largest absolute Gasteiger partial charge is 0.352 e. The Morgan fingerprint density at radius 1 is 1.61 bits per heavy atom. The third kappa shape index (κ3) is 2.01. The summed E-state index contributed by atoms with van der Waals surface area (Å²) in [6, 6.07) is 1.92. The van der Waals surface area contributed by atoms with Crippen molar-refractivity contribution in [1.29, 1.82) is 0 Å². The molecule has 0 aliphatic heterocycles. The molecule has 6 nitrogen and oxygen atoms in total. The van der Waals surface area contributed by atoms with Crippen molar-refractivity contribution < 1.29 is 4.79 Å². The fourth-order valence-electron chi connectivity index (χ4n) is 1.96. The van der Waals surface area contributed by atoms with Crippen molar-refractivity contribution in [3.05, 3.63) is 24.0 Å². The highest BCUT2D eigenvalue weighted by atomic mass is 16.2. The smallest absolute Gasteiger partial charge is 0.223 e. The lowest BCUT2D eigenvalue weighted by molar-refractivity contribution is -0.122. The molecule has 0 unspecified atom stereocenters. The maximum Gasteiger partial charge on any atom is 0.223 e. The van der Waals surface area contributed by atoms with Crippen LogP contribution in [0.3, 0.4) is 0 Å². The van der Waals surface area contributed by atoms with E-state index in [4.69, 9.17) is 0 Å². The van der Waals surface area contributed by atoms with Crippen LogP contribution in [0.5, 0.6) is 0 Å². The number of nitrogens with zero attached hydrogens (tertiary/aromatic N) is 3. The second kappa shape index (κ2) is 4.29. The minimum absolute atomic E-state index is 0.146. The molecule has 0 radical (unpaired) electrons. The molecule has 0 spiro atoms. The minimum atomic E-state index is 0.146. The molecule has 0 saturated heterocycles. The van der Waals surface area contributed by atoms with Crippen molar-refractivity contribution in [2.75, 3.05) is 0 Å². The van der Waals surface area contributed by atoms with Crippen LogP contribution in [-0.4, -0.2) is 25.9 Å². The van der Waals surface area contributed by atoms with Gasteiger partial charge in [-0.15, -0.1) is 0 Å². The van der Waals surface area contributed by atoms with Gasteiger partial charge in [-0.2, -0.15) is 10.2 Å². The van der Waals surface area contributed by atoms with Gasteiger partial charge in [0.1, 0.15) is 0 Å². The quantitative estimate of drug-likeness (QED) is 0.838. The maximum absolute atomic E-state index is 11.6. The lowest BCUT2D eigenvalue weighted by Crippen LogP contribution is -2.24. The van der Waals surface area contributed by atoms with E-state index in [0.29, 0.717) is 6.54 Å². The summed E-state index contributed by atoms with van der Waals surface area (Å²) < 4.78 is 1.78. The van der Waals surface area contributed by atoms with E-state index in [9.17, 15) is 4.79 Å². The van der Waals surface area contributed by atoms with Crippen molar-refractivity contribution in [1.82, 2.24) is 25.3 Å². The molecular weight excluding hydrogens is 230 g/mol. The number of aromatic amines is 1. The zero-order valence-electron chi connectivity index (χ0n) is 10.2. The molecule has 0 bridgehead atoms. The number of hydrogen-bond acceptors (Lipinski definition) is 3. The molecular formula is C12H15N5O. The minimum Gasteiger partial charge on any atom is -0.352 e. The van der Waals surface area contributed by atoms with Crippen LogP contribution in [0.4, 0.5) is 0 Å². The average Bonchev–Trinajstić information content (AvgIpc) is 2.98. The molecule has 1 aliphatic rings. The number of aromatic nitrogens is 4. The number of H-pyrrole nitrogens is 1. The van der Waals surface area contributed by atoms with Gasteiger partial charge in [0.15, 0.2) is 0 Å². The molecule has 0 atom stereocenters. The molecule has 94 valence electrons. The average molecular weight is 245 g/mol. The highest BCUT2D eigenvalue weighted by molar-refractivity contribution is 5.81. The first-order chi connectivity index (χ1) is 8.75. The Labute approximate surface area is 104 Å². The van der Waals surface area contributed by atoms with Crippen LogP contribution in [0, 0.1) is 5.92 Å². The van der Waals surface area contributed by atoms with Crippen LogP contribution in [0.2, 0.25) is 0 Å². The number of aryl methyl sites for hydroxylation is 1. The van der Waals surface area contributed by atoms with Crippen molar-refractivity contribution in [2.45, 2.75) is 19.4 Å². The van der Waals surface area contributed by atoms with Crippen LogP contribution in [0.15, 0.2) is 18.5 Å². The fraction of sp³-hybridized carbons (Fsp3) is 0.417. The van der Waals surface area contributed by atoms with Crippen LogP contribution in [0.25, 0.3) is 11.4 Å². The van der Waals surface area contributed by atoms with Crippen LogP contribution >= 0.6 is 0 Å². The van der Waals surface area contributed by atoms with E-state index in [0.717, 1.165) is 29.8 Å². The van der Waals surface area contributed by atoms with Crippen LogP contribution in [0.1, 0.15) is 18.4 Å². The number of carbonyl (C=O) groups is 1. The molecule has 1 aliphatic carbocycles. The predicted octanol–water partition coefficient (Wildman–Crippen LogP) is 0.836. The summed E-state index contributed by atoms with van der Waals surface area (Å²) in [5, 5.41) is 14.1. The van der Waals surface area contributed by atoms with Crippen molar-refractivity contribution in [3.8, 4) is 11.4 Å². The third-order valence-corrected chi connectivity index (χ3v) is 3.20. The standard InChI is InChI=1S/C12H15N5O/c1-17-10(4-5-15-17)11-9(7-14-16-11)6-13-12(18)8-2-3-8/h4-5,7-8H,2-3,6H2,1H3,(H,13,18)(H,14,16). The molecule has 2 aromatic rings. The number of carbonyl (C=O) groups excluding carboxylic acids is 1. The number of nitrogens with one attached hydrogen (secondary N) is 2. The van der Waals surface area contributed by atoms with E-state index in [1.807, 2.05) is 13.1 Å². The second-order valence-electron chi connectivity index (χ2n) is 4.60. The van der Waals surface area contributed by atoms with Crippen LogP contribution in [-0.2, 0) is 18.4 Å². The summed E-state index contributed by atoms with van der Waals surface area (Å²) in [5.41, 5.74) is 2.85. The van der Waals surface area contributed by atoms with Gasteiger partial charge in [-0.05, 0) is 18.9 Å². The lowest BCUT2D eigenvalue weighted by atomic mass is 10.2. The summed E-state index contributed by atoms with van der Waals surface area (Å²) in [5.74, 6) is 0.379. The number of amides is 1. The van der Waals surface area contributed by atoms with Gasteiger partial charge in [-0.25, -0.2) is 0 Å². The topological polar surface area (TPSA) is 75.6 Å². The highest BCUT2D eigenvalue weighted by Crippen LogP contribution is 2.29. The fourth-order valence-corrected chi connectivity index (χ4v) is 1.96. The number of hydrogen-bond donors (Lipinski definition) is 2. The second-order valence-corrected chi connectivity index (χ2v) is 4.60. The molecule has 1 amide bonds. The molecule has 2 N–H and O–H groups in total. The Balaban J connectivity index is 1.75. The molecule has 1 fully saturated rings. The molecule has 2 aromatic heterocycles. The Morgan fingerprint density at radius 3 is 3.11 bits per heavy atom. The molecule has 6 heteroatoms. The molecule has 3 rings (SSSR count). The van der Waals surface area contributed by atoms with Gasteiger partial charge in [0.05, 0.1) is 17.6 Å². The van der Waals surface area contributed by atoms with Gasteiger partial charge >= 0.3 is 0 Å². The van der Waals surface area contributed by atoms with Gasteiger partial charge < -0.3 is 5.32 Å². The monoisotopic (exact) mass is 245 g/mol. The summed E-state index contributed by atoms with van der Waals surface area (Å²) >= 11 is 0. The van der Waals surface area contributed by atoms with Crippen LogP contribution < -0.4 is 5.32 Å². The van der Waals surface area contributed by atoms with E-state index < -0.39 is 0 Å². The van der Waals surface area contributed by atoms with E-state index in [2.05, 4.69) is 20.6 Å². The van der Waals surface area contributed by atoms with Gasteiger partial charge in [0, 0.05) is 31.3 Å². The first kappa shape index (κ1) is 11.0. The van der Waals surface area contributed by atoms with E-state index in [1.165, 1.54) is 0 Å². The predicted molar refractivity (Wildman–Crippen MR) is 65.4 cm³/mol. The SMILES string of the molecule is Cn1nccc1-c1[nH]ncc1CNC(=O)C1CC1. The van der Waals surface area contributed by atoms with Gasteiger partial charge in [0.25, 0.3) is 0 Å². The Hall–Kier alpha value is -2.11. The van der Waals surface area contributed by atoms with Gasteiger partial charge in [-0.1, -0.05) is 0 Å². The molecule has 1 saturated carbocycles. The highest BCUT2D eigenvalue weighted by Gasteiger charge is 2.29. The Morgan fingerprint density at radius 2 is 2.44 bits per heavy atom. The molecule has 2 heterocycles. The summed E-state index contributed by atoms with van der Waals surface area (Å²) in [6.07, 6.45) is 5.52. The summed E-state index contributed by atoms with van der Waals surface area (Å²) in [6.45, 7) is 0.506. The lowest BCUT2D eigenvalue weighted by Gasteiger charge is -2.05. The van der Waals surface area contributed by atoms with Gasteiger partial charge in [-0.3, -0.25) is 14.6 Å². The first-order valence-electron chi connectivity index (χ1n) is 6.04. The molecule has 18 heavy (non-hydrogen) atoms. The van der Waals surface area contributed by atoms with E-state index in [-0.39, 0.29) is 11.8 Å². The van der Waals surface area contributed by atoms with Gasteiger partial charge in [0.2, 0.25) is 5.91 Å². The van der Waals surface area contributed by atoms with Crippen molar-refractivity contribution >= 4 is 5.91 Å². The normalized spacial score (nSPS) is 14.7. The van der Waals surface area contributed by atoms with Crippen molar-refractivity contribution in [2.24, 2.45) is 13.0 Å². The van der Waals surface area contributed by atoms with Crippen molar-refractivity contribution in [3.63, 3.8) is 0 Å². The third-order valence-electron chi connectivity index (χ3n) is 3.20. The summed E-state index contributed by atoms with van der Waals surface area (Å²) in [7, 11) is 1.88.